The van der Waals surface area contributed by atoms with Crippen LogP contribution >= 0.6 is 0 Å². The van der Waals surface area contributed by atoms with Gasteiger partial charge in [-0.2, -0.15) is 5.10 Å². The van der Waals surface area contributed by atoms with Gasteiger partial charge in [-0.15, -0.1) is 0 Å². The lowest BCUT2D eigenvalue weighted by molar-refractivity contribution is 0.0951. The minimum absolute atomic E-state index is 0.112. The maximum atomic E-state index is 12.8. The van der Waals surface area contributed by atoms with Gasteiger partial charge in [0.25, 0.3) is 5.91 Å². The van der Waals surface area contributed by atoms with Crippen LogP contribution in [0, 0.1) is 5.92 Å². The van der Waals surface area contributed by atoms with Gasteiger partial charge in [0.15, 0.2) is 0 Å². The number of benzene rings is 2. The van der Waals surface area contributed by atoms with Crippen LogP contribution in [0.15, 0.2) is 60.8 Å². The molecule has 5 heteroatoms. The lowest BCUT2D eigenvalue weighted by Crippen LogP contribution is -2.33. The fourth-order valence-electron chi connectivity index (χ4n) is 3.90. The number of hydrogen-bond acceptors (Lipinski definition) is 3. The fraction of sp³-hybridized carbons (Fsp3) is 0.333. The highest BCUT2D eigenvalue weighted by Gasteiger charge is 2.18. The summed E-state index contributed by atoms with van der Waals surface area (Å²) < 4.78 is 0. The van der Waals surface area contributed by atoms with Crippen LogP contribution in [0.4, 0.5) is 0 Å². The Balaban J connectivity index is 1.42. The summed E-state index contributed by atoms with van der Waals surface area (Å²) in [6.07, 6.45) is 4.13. The van der Waals surface area contributed by atoms with E-state index in [1.54, 1.807) is 6.20 Å². The molecular formula is C24H28N4O. The first-order valence-electron chi connectivity index (χ1n) is 10.4. The molecule has 29 heavy (non-hydrogen) atoms. The second kappa shape index (κ2) is 9.05. The van der Waals surface area contributed by atoms with Gasteiger partial charge in [-0.3, -0.25) is 14.8 Å². The normalized spacial score (nSPS) is 15.3. The molecule has 0 bridgehead atoms. The number of nitrogens with one attached hydrogen (secondary N) is 2. The molecule has 0 aliphatic carbocycles. The smallest absolute Gasteiger partial charge is 0.255 e. The first-order valence-corrected chi connectivity index (χ1v) is 10.4. The zero-order valence-electron chi connectivity index (χ0n) is 16.9. The molecule has 0 saturated carbocycles. The summed E-state index contributed by atoms with van der Waals surface area (Å²) in [7, 11) is 0. The average molecular weight is 389 g/mol. The van der Waals surface area contributed by atoms with Crippen molar-refractivity contribution in [3.8, 4) is 11.3 Å². The molecule has 1 aromatic heterocycles. The van der Waals surface area contributed by atoms with Crippen molar-refractivity contribution in [2.24, 2.45) is 5.92 Å². The van der Waals surface area contributed by atoms with Gasteiger partial charge in [0, 0.05) is 18.7 Å². The van der Waals surface area contributed by atoms with Crippen LogP contribution in [0.5, 0.6) is 0 Å². The van der Waals surface area contributed by atoms with Crippen molar-refractivity contribution in [3.63, 3.8) is 0 Å². The number of carbonyl (C=O) groups is 1. The number of aromatic amines is 1. The monoisotopic (exact) mass is 388 g/mol. The Labute approximate surface area is 172 Å². The van der Waals surface area contributed by atoms with E-state index in [4.69, 9.17) is 0 Å². The fourth-order valence-corrected chi connectivity index (χ4v) is 3.90. The van der Waals surface area contributed by atoms with Crippen molar-refractivity contribution < 1.29 is 4.79 Å². The van der Waals surface area contributed by atoms with Gasteiger partial charge in [-0.1, -0.05) is 61.5 Å². The highest BCUT2D eigenvalue weighted by molar-refractivity contribution is 5.99. The van der Waals surface area contributed by atoms with E-state index < -0.39 is 0 Å². The zero-order valence-corrected chi connectivity index (χ0v) is 16.9. The first-order chi connectivity index (χ1) is 14.2. The van der Waals surface area contributed by atoms with Crippen LogP contribution in [0.25, 0.3) is 11.3 Å². The van der Waals surface area contributed by atoms with E-state index in [2.05, 4.69) is 45.5 Å². The number of piperidine rings is 1. The summed E-state index contributed by atoms with van der Waals surface area (Å²) >= 11 is 0. The number of hydrogen-bond donors (Lipinski definition) is 2. The maximum absolute atomic E-state index is 12.8. The van der Waals surface area contributed by atoms with Gasteiger partial charge in [0.05, 0.1) is 17.5 Å². The Morgan fingerprint density at radius 2 is 1.76 bits per heavy atom. The van der Waals surface area contributed by atoms with Crippen molar-refractivity contribution in [2.75, 3.05) is 13.1 Å². The van der Waals surface area contributed by atoms with E-state index >= 15 is 0 Å². The highest BCUT2D eigenvalue weighted by atomic mass is 16.1. The van der Waals surface area contributed by atoms with Gasteiger partial charge in [0.1, 0.15) is 0 Å². The highest BCUT2D eigenvalue weighted by Crippen LogP contribution is 2.22. The number of aromatic nitrogens is 2. The standard InChI is InChI=1S/C24H28N4O/c1-18-11-13-28(14-12-18)17-21-10-6-5-9-20(21)15-25-24(29)22-16-26-27-23(22)19-7-3-2-4-8-19/h2-10,16,18H,11-15,17H2,1H3,(H,25,29)(H,26,27). The van der Waals surface area contributed by atoms with E-state index in [1.807, 2.05) is 36.4 Å². The molecule has 2 aromatic carbocycles. The lowest BCUT2D eigenvalue weighted by atomic mass is 9.98. The van der Waals surface area contributed by atoms with Crippen LogP contribution in [0.1, 0.15) is 41.3 Å². The second-order valence-electron chi connectivity index (χ2n) is 7.93. The van der Waals surface area contributed by atoms with Crippen LogP contribution in [-0.4, -0.2) is 34.1 Å². The number of H-pyrrole nitrogens is 1. The third kappa shape index (κ3) is 4.74. The van der Waals surface area contributed by atoms with Gasteiger partial charge in [-0.25, -0.2) is 0 Å². The summed E-state index contributed by atoms with van der Waals surface area (Å²) in [5.74, 6) is 0.716. The number of rotatable bonds is 6. The zero-order chi connectivity index (χ0) is 20.1. The molecule has 1 amide bonds. The summed E-state index contributed by atoms with van der Waals surface area (Å²) in [6.45, 7) is 6.09. The number of carbonyl (C=O) groups excluding carboxylic acids is 1. The Bertz CT molecular complexity index is 942. The van der Waals surface area contributed by atoms with Crippen molar-refractivity contribution in [1.82, 2.24) is 20.4 Å². The molecule has 0 atom stereocenters. The predicted molar refractivity (Wildman–Crippen MR) is 115 cm³/mol. The quantitative estimate of drug-likeness (QED) is 0.664. The summed E-state index contributed by atoms with van der Waals surface area (Å²) in [6, 6.07) is 18.2. The minimum Gasteiger partial charge on any atom is -0.348 e. The minimum atomic E-state index is -0.112. The van der Waals surface area contributed by atoms with Gasteiger partial charge < -0.3 is 5.32 Å². The van der Waals surface area contributed by atoms with Gasteiger partial charge in [-0.05, 0) is 43.0 Å². The predicted octanol–water partition coefficient (Wildman–Crippen LogP) is 4.24. The Morgan fingerprint density at radius 1 is 1.07 bits per heavy atom. The average Bonchev–Trinajstić information content (AvgIpc) is 3.25. The molecule has 0 spiro atoms. The molecule has 5 nitrogen and oxygen atoms in total. The largest absolute Gasteiger partial charge is 0.348 e. The number of amides is 1. The number of likely N-dealkylation sites (tertiary alicyclic amines) is 1. The molecule has 1 fully saturated rings. The maximum Gasteiger partial charge on any atom is 0.255 e. The third-order valence-corrected chi connectivity index (χ3v) is 5.77. The summed E-state index contributed by atoms with van der Waals surface area (Å²) in [4.78, 5) is 15.3. The van der Waals surface area contributed by atoms with Crippen LogP contribution in [-0.2, 0) is 13.1 Å². The molecule has 0 unspecified atom stereocenters. The third-order valence-electron chi connectivity index (χ3n) is 5.77. The van der Waals surface area contributed by atoms with Gasteiger partial charge in [0.2, 0.25) is 0 Å². The molecule has 150 valence electrons. The van der Waals surface area contributed by atoms with Crippen molar-refractivity contribution in [1.29, 1.82) is 0 Å². The molecule has 2 heterocycles. The Kier molecular flexibility index (Phi) is 6.06. The van der Waals surface area contributed by atoms with Crippen LogP contribution in [0.2, 0.25) is 0 Å². The summed E-state index contributed by atoms with van der Waals surface area (Å²) in [5.41, 5.74) is 4.73. The van der Waals surface area contributed by atoms with Crippen LogP contribution < -0.4 is 5.32 Å². The molecule has 2 N–H and O–H groups in total. The van der Waals surface area contributed by atoms with Crippen LogP contribution in [0.3, 0.4) is 0 Å². The van der Waals surface area contributed by atoms with E-state index in [1.165, 1.54) is 24.0 Å². The topological polar surface area (TPSA) is 61.0 Å². The Morgan fingerprint density at radius 3 is 2.52 bits per heavy atom. The molecular weight excluding hydrogens is 360 g/mol. The van der Waals surface area contributed by atoms with E-state index in [9.17, 15) is 4.79 Å². The molecule has 1 saturated heterocycles. The van der Waals surface area contributed by atoms with Crippen molar-refractivity contribution in [2.45, 2.75) is 32.9 Å². The van der Waals surface area contributed by atoms with Crippen molar-refractivity contribution in [3.05, 3.63) is 77.5 Å². The summed E-state index contributed by atoms with van der Waals surface area (Å²) in [5, 5.41) is 10.1. The molecule has 1 aliphatic heterocycles. The molecule has 0 radical (unpaired) electrons. The van der Waals surface area contributed by atoms with E-state index in [-0.39, 0.29) is 5.91 Å². The first kappa shape index (κ1) is 19.4. The van der Waals surface area contributed by atoms with E-state index in [0.717, 1.165) is 36.8 Å². The van der Waals surface area contributed by atoms with Crippen molar-refractivity contribution >= 4 is 5.91 Å². The SMILES string of the molecule is CC1CCN(Cc2ccccc2CNC(=O)c2cn[nH]c2-c2ccccc2)CC1. The van der Waals surface area contributed by atoms with Gasteiger partial charge >= 0.3 is 0 Å². The number of nitrogens with zero attached hydrogens (tertiary/aromatic N) is 2. The Hall–Kier alpha value is -2.92. The molecule has 4 rings (SSSR count). The molecule has 3 aromatic rings. The lowest BCUT2D eigenvalue weighted by Gasteiger charge is -2.30. The molecule has 1 aliphatic rings. The second-order valence-corrected chi connectivity index (χ2v) is 7.93. The van der Waals surface area contributed by atoms with E-state index in [0.29, 0.717) is 12.1 Å².